The van der Waals surface area contributed by atoms with Gasteiger partial charge in [-0.3, -0.25) is 0 Å². The molecule has 1 aliphatic heterocycles. The summed E-state index contributed by atoms with van der Waals surface area (Å²) in [6.45, 7) is 5.08. The second-order valence-corrected chi connectivity index (χ2v) is 5.60. The molecule has 1 saturated heterocycles. The van der Waals surface area contributed by atoms with Crippen LogP contribution in [0.4, 0.5) is 15.8 Å². The van der Waals surface area contributed by atoms with E-state index in [1.54, 1.807) is 0 Å². The Labute approximate surface area is 119 Å². The number of halogens is 2. The maximum atomic E-state index is 13.7. The van der Waals surface area contributed by atoms with E-state index in [2.05, 4.69) is 23.8 Å². The van der Waals surface area contributed by atoms with E-state index in [4.69, 9.17) is 17.3 Å². The standard InChI is InChI=1S/C14H21ClFN3/c1-3-10-9-18(2)5-4-6-19(10)14-8-12(16)11(15)7-13(14)17/h7-8,10H,3-6,9,17H2,1-2H3. The van der Waals surface area contributed by atoms with Crippen LogP contribution in [-0.2, 0) is 0 Å². The van der Waals surface area contributed by atoms with Crippen molar-refractivity contribution < 1.29 is 4.39 Å². The minimum Gasteiger partial charge on any atom is -0.397 e. The fourth-order valence-electron chi connectivity index (χ4n) is 2.71. The highest BCUT2D eigenvalue weighted by atomic mass is 35.5. The van der Waals surface area contributed by atoms with Crippen molar-refractivity contribution in [3.05, 3.63) is 23.0 Å². The molecular weight excluding hydrogens is 265 g/mol. The van der Waals surface area contributed by atoms with Crippen LogP contribution >= 0.6 is 11.6 Å². The number of benzene rings is 1. The van der Waals surface area contributed by atoms with E-state index in [0.717, 1.165) is 38.2 Å². The summed E-state index contributed by atoms with van der Waals surface area (Å²) in [5, 5.41) is 0.0845. The van der Waals surface area contributed by atoms with Gasteiger partial charge in [0, 0.05) is 25.2 Å². The van der Waals surface area contributed by atoms with Crippen LogP contribution in [0, 0.1) is 5.82 Å². The first-order valence-corrected chi connectivity index (χ1v) is 7.10. The van der Waals surface area contributed by atoms with E-state index in [-0.39, 0.29) is 5.02 Å². The van der Waals surface area contributed by atoms with E-state index in [1.165, 1.54) is 12.1 Å². The third kappa shape index (κ3) is 3.12. The third-order valence-corrected chi connectivity index (χ3v) is 4.04. The molecule has 0 radical (unpaired) electrons. The van der Waals surface area contributed by atoms with Crippen molar-refractivity contribution in [2.24, 2.45) is 0 Å². The Kier molecular flexibility index (Phi) is 4.53. The predicted molar refractivity (Wildman–Crippen MR) is 79.4 cm³/mol. The molecule has 0 spiro atoms. The Morgan fingerprint density at radius 1 is 1.42 bits per heavy atom. The van der Waals surface area contributed by atoms with Crippen molar-refractivity contribution >= 4 is 23.0 Å². The largest absolute Gasteiger partial charge is 0.397 e. The van der Waals surface area contributed by atoms with Gasteiger partial charge in [0.15, 0.2) is 0 Å². The summed E-state index contributed by atoms with van der Waals surface area (Å²) in [5.41, 5.74) is 7.34. The zero-order valence-electron chi connectivity index (χ0n) is 11.5. The topological polar surface area (TPSA) is 32.5 Å². The minimum absolute atomic E-state index is 0.0845. The first-order valence-electron chi connectivity index (χ1n) is 6.72. The van der Waals surface area contributed by atoms with Crippen molar-refractivity contribution in [1.82, 2.24) is 4.90 Å². The van der Waals surface area contributed by atoms with E-state index >= 15 is 0 Å². The third-order valence-electron chi connectivity index (χ3n) is 3.75. The minimum atomic E-state index is -0.404. The number of nitrogen functional groups attached to an aromatic ring is 1. The number of rotatable bonds is 2. The lowest BCUT2D eigenvalue weighted by Gasteiger charge is -2.33. The SMILES string of the molecule is CCC1CN(C)CCCN1c1cc(F)c(Cl)cc1N. The Morgan fingerprint density at radius 3 is 2.84 bits per heavy atom. The molecule has 1 heterocycles. The van der Waals surface area contributed by atoms with Crippen molar-refractivity contribution in [1.29, 1.82) is 0 Å². The van der Waals surface area contributed by atoms with E-state index < -0.39 is 5.82 Å². The van der Waals surface area contributed by atoms with Gasteiger partial charge in [-0.05, 0) is 32.5 Å². The molecule has 1 aliphatic rings. The molecule has 0 bridgehead atoms. The molecule has 0 saturated carbocycles. The molecule has 5 heteroatoms. The number of nitrogens with zero attached hydrogens (tertiary/aromatic N) is 2. The van der Waals surface area contributed by atoms with Crippen molar-refractivity contribution in [3.8, 4) is 0 Å². The number of hydrogen-bond donors (Lipinski definition) is 1. The van der Waals surface area contributed by atoms with Gasteiger partial charge in [0.1, 0.15) is 5.82 Å². The summed E-state index contributed by atoms with van der Waals surface area (Å²) in [6.07, 6.45) is 2.06. The molecule has 2 N–H and O–H groups in total. The Bertz CT molecular complexity index is 453. The molecule has 1 aromatic rings. The predicted octanol–water partition coefficient (Wildman–Crippen LogP) is 2.98. The van der Waals surface area contributed by atoms with E-state index in [9.17, 15) is 4.39 Å². The second-order valence-electron chi connectivity index (χ2n) is 5.20. The lowest BCUT2D eigenvalue weighted by atomic mass is 10.1. The fourth-order valence-corrected chi connectivity index (χ4v) is 2.88. The van der Waals surface area contributed by atoms with Gasteiger partial charge in [-0.25, -0.2) is 4.39 Å². The lowest BCUT2D eigenvalue weighted by molar-refractivity contribution is 0.328. The molecule has 1 unspecified atom stereocenters. The average Bonchev–Trinajstić information content (AvgIpc) is 2.55. The quantitative estimate of drug-likeness (QED) is 0.848. The summed E-state index contributed by atoms with van der Waals surface area (Å²) in [5.74, 6) is -0.404. The highest BCUT2D eigenvalue weighted by molar-refractivity contribution is 6.31. The number of hydrogen-bond acceptors (Lipinski definition) is 3. The van der Waals surface area contributed by atoms with E-state index in [1.807, 2.05) is 0 Å². The first-order chi connectivity index (χ1) is 9.02. The summed E-state index contributed by atoms with van der Waals surface area (Å²) >= 11 is 5.77. The van der Waals surface area contributed by atoms with Gasteiger partial charge < -0.3 is 15.5 Å². The highest BCUT2D eigenvalue weighted by Gasteiger charge is 2.24. The summed E-state index contributed by atoms with van der Waals surface area (Å²) in [6, 6.07) is 3.33. The average molecular weight is 286 g/mol. The number of nitrogens with two attached hydrogens (primary N) is 1. The summed E-state index contributed by atoms with van der Waals surface area (Å²) in [4.78, 5) is 4.54. The van der Waals surface area contributed by atoms with Gasteiger partial charge in [-0.1, -0.05) is 18.5 Å². The van der Waals surface area contributed by atoms with Crippen LogP contribution in [0.15, 0.2) is 12.1 Å². The summed E-state index contributed by atoms with van der Waals surface area (Å²) < 4.78 is 13.7. The van der Waals surface area contributed by atoms with Crippen LogP contribution in [-0.4, -0.2) is 37.6 Å². The molecule has 3 nitrogen and oxygen atoms in total. The number of likely N-dealkylation sites (N-methyl/N-ethyl adjacent to an activating group) is 1. The molecule has 1 aromatic carbocycles. The first kappa shape index (κ1) is 14.4. The van der Waals surface area contributed by atoms with Crippen molar-refractivity contribution in [2.75, 3.05) is 37.3 Å². The smallest absolute Gasteiger partial charge is 0.144 e. The molecule has 2 rings (SSSR count). The van der Waals surface area contributed by atoms with Crippen molar-refractivity contribution in [3.63, 3.8) is 0 Å². The van der Waals surface area contributed by atoms with Gasteiger partial charge in [0.25, 0.3) is 0 Å². The monoisotopic (exact) mass is 285 g/mol. The van der Waals surface area contributed by atoms with Crippen LogP contribution in [0.1, 0.15) is 19.8 Å². The maximum Gasteiger partial charge on any atom is 0.144 e. The Morgan fingerprint density at radius 2 is 2.16 bits per heavy atom. The Hall–Kier alpha value is -1.00. The van der Waals surface area contributed by atoms with E-state index in [0.29, 0.717) is 11.7 Å². The molecule has 106 valence electrons. The molecule has 1 atom stereocenters. The van der Waals surface area contributed by atoms with Crippen LogP contribution in [0.3, 0.4) is 0 Å². The molecule has 19 heavy (non-hydrogen) atoms. The molecule has 1 fully saturated rings. The normalized spacial score (nSPS) is 21.5. The number of anilines is 2. The second kappa shape index (κ2) is 5.97. The Balaban J connectivity index is 2.35. The van der Waals surface area contributed by atoms with Gasteiger partial charge >= 0.3 is 0 Å². The zero-order valence-corrected chi connectivity index (χ0v) is 12.3. The molecule has 0 aliphatic carbocycles. The fraction of sp³-hybridized carbons (Fsp3) is 0.571. The van der Waals surface area contributed by atoms with Crippen LogP contribution in [0.2, 0.25) is 5.02 Å². The zero-order chi connectivity index (χ0) is 14.0. The molecular formula is C14H21ClFN3. The molecule has 0 aromatic heterocycles. The van der Waals surface area contributed by atoms with Gasteiger partial charge in [0.2, 0.25) is 0 Å². The lowest BCUT2D eigenvalue weighted by Crippen LogP contribution is -2.40. The van der Waals surface area contributed by atoms with Crippen LogP contribution in [0.25, 0.3) is 0 Å². The van der Waals surface area contributed by atoms with Gasteiger partial charge in [-0.2, -0.15) is 0 Å². The molecule has 0 amide bonds. The van der Waals surface area contributed by atoms with Crippen LogP contribution in [0.5, 0.6) is 0 Å². The van der Waals surface area contributed by atoms with Gasteiger partial charge in [-0.15, -0.1) is 0 Å². The maximum absolute atomic E-state index is 13.7. The van der Waals surface area contributed by atoms with Crippen LogP contribution < -0.4 is 10.6 Å². The van der Waals surface area contributed by atoms with Crippen molar-refractivity contribution in [2.45, 2.75) is 25.8 Å². The summed E-state index contributed by atoms with van der Waals surface area (Å²) in [7, 11) is 2.12. The highest BCUT2D eigenvalue weighted by Crippen LogP contribution is 2.32. The van der Waals surface area contributed by atoms with Gasteiger partial charge in [0.05, 0.1) is 16.4 Å².